The number of hydrogen-bond acceptors (Lipinski definition) is 2. The van der Waals surface area contributed by atoms with Crippen molar-refractivity contribution in [3.05, 3.63) is 35.9 Å². The molecule has 2 amide bonds. The summed E-state index contributed by atoms with van der Waals surface area (Å²) in [5.41, 5.74) is 0.650. The van der Waals surface area contributed by atoms with Crippen molar-refractivity contribution in [2.45, 2.75) is 58.4 Å². The van der Waals surface area contributed by atoms with Gasteiger partial charge in [0.25, 0.3) is 5.91 Å². The van der Waals surface area contributed by atoms with Crippen LogP contribution in [0.25, 0.3) is 0 Å². The van der Waals surface area contributed by atoms with E-state index in [0.29, 0.717) is 24.9 Å². The van der Waals surface area contributed by atoms with E-state index in [9.17, 15) is 9.59 Å². The molecule has 0 radical (unpaired) electrons. The maximum atomic E-state index is 11.8. The molecular weight excluding hydrogens is 276 g/mol. The summed E-state index contributed by atoms with van der Waals surface area (Å²) < 4.78 is 0. The third-order valence-corrected chi connectivity index (χ3v) is 3.55. The molecule has 0 saturated carbocycles. The van der Waals surface area contributed by atoms with Gasteiger partial charge in [-0.2, -0.15) is 0 Å². The lowest BCUT2D eigenvalue weighted by atomic mass is 10.1. The van der Waals surface area contributed by atoms with Gasteiger partial charge in [0.15, 0.2) is 0 Å². The average Bonchev–Trinajstić information content (AvgIpc) is 2.52. The minimum atomic E-state index is -0.0889. The molecule has 0 aliphatic carbocycles. The van der Waals surface area contributed by atoms with E-state index in [1.807, 2.05) is 25.1 Å². The molecular formula is C18H28N2O2. The Balaban J connectivity index is 2.11. The summed E-state index contributed by atoms with van der Waals surface area (Å²) in [4.78, 5) is 23.6. The van der Waals surface area contributed by atoms with Crippen LogP contribution in [0, 0.1) is 0 Å². The lowest BCUT2D eigenvalue weighted by Crippen LogP contribution is -2.33. The van der Waals surface area contributed by atoms with Gasteiger partial charge < -0.3 is 10.6 Å². The van der Waals surface area contributed by atoms with Gasteiger partial charge in [-0.25, -0.2) is 0 Å². The first-order valence-electron chi connectivity index (χ1n) is 8.26. The first-order valence-corrected chi connectivity index (χ1v) is 8.26. The van der Waals surface area contributed by atoms with Crippen molar-refractivity contribution in [3.63, 3.8) is 0 Å². The summed E-state index contributed by atoms with van der Waals surface area (Å²) in [6.45, 7) is 4.74. The molecule has 1 atom stereocenters. The largest absolute Gasteiger partial charge is 0.354 e. The van der Waals surface area contributed by atoms with Gasteiger partial charge in [0.1, 0.15) is 0 Å². The van der Waals surface area contributed by atoms with E-state index in [0.717, 1.165) is 12.8 Å². The van der Waals surface area contributed by atoms with Crippen LogP contribution in [0.15, 0.2) is 30.3 Å². The smallest absolute Gasteiger partial charge is 0.251 e. The fourth-order valence-electron chi connectivity index (χ4n) is 2.26. The zero-order chi connectivity index (χ0) is 16.2. The molecule has 0 aromatic heterocycles. The monoisotopic (exact) mass is 304 g/mol. The van der Waals surface area contributed by atoms with Crippen molar-refractivity contribution < 1.29 is 9.59 Å². The Bertz CT molecular complexity index is 446. The number of nitrogens with one attached hydrogen (secondary N) is 2. The second-order valence-electron chi connectivity index (χ2n) is 5.69. The number of rotatable bonds is 10. The van der Waals surface area contributed by atoms with E-state index in [1.165, 1.54) is 12.8 Å². The van der Waals surface area contributed by atoms with Gasteiger partial charge in [-0.1, -0.05) is 44.4 Å². The minimum Gasteiger partial charge on any atom is -0.354 e. The predicted octanol–water partition coefficient (Wildman–Crippen LogP) is 3.28. The van der Waals surface area contributed by atoms with Crippen LogP contribution in [0.3, 0.4) is 0 Å². The average molecular weight is 304 g/mol. The highest BCUT2D eigenvalue weighted by Gasteiger charge is 2.08. The lowest BCUT2D eigenvalue weighted by Gasteiger charge is -2.13. The second-order valence-corrected chi connectivity index (χ2v) is 5.69. The van der Waals surface area contributed by atoms with E-state index in [-0.39, 0.29) is 17.9 Å². The highest BCUT2D eigenvalue weighted by atomic mass is 16.2. The van der Waals surface area contributed by atoms with Crippen LogP contribution >= 0.6 is 0 Å². The van der Waals surface area contributed by atoms with Crippen LogP contribution in [0.2, 0.25) is 0 Å². The van der Waals surface area contributed by atoms with Gasteiger partial charge in [0, 0.05) is 24.6 Å². The topological polar surface area (TPSA) is 58.2 Å². The predicted molar refractivity (Wildman–Crippen MR) is 89.8 cm³/mol. The van der Waals surface area contributed by atoms with Crippen molar-refractivity contribution in [1.29, 1.82) is 0 Å². The van der Waals surface area contributed by atoms with E-state index in [1.54, 1.807) is 12.1 Å². The Morgan fingerprint density at radius 2 is 1.82 bits per heavy atom. The number of unbranched alkanes of at least 4 members (excludes halogenated alkanes) is 2. The molecule has 1 rings (SSSR count). The second kappa shape index (κ2) is 10.8. The fourth-order valence-corrected chi connectivity index (χ4v) is 2.26. The van der Waals surface area contributed by atoms with Gasteiger partial charge in [0.05, 0.1) is 0 Å². The van der Waals surface area contributed by atoms with Crippen LogP contribution in [-0.2, 0) is 4.79 Å². The molecule has 2 N–H and O–H groups in total. The molecule has 122 valence electrons. The Morgan fingerprint density at radius 3 is 2.50 bits per heavy atom. The van der Waals surface area contributed by atoms with E-state index in [4.69, 9.17) is 0 Å². The van der Waals surface area contributed by atoms with Crippen molar-refractivity contribution in [2.24, 2.45) is 0 Å². The summed E-state index contributed by atoms with van der Waals surface area (Å²) in [5.74, 6) is -0.0214. The fraction of sp³-hybridized carbons (Fsp3) is 0.556. The van der Waals surface area contributed by atoms with Crippen molar-refractivity contribution in [3.8, 4) is 0 Å². The quantitative estimate of drug-likeness (QED) is 0.652. The highest BCUT2D eigenvalue weighted by Crippen LogP contribution is 2.03. The number of carbonyl (C=O) groups excluding carboxylic acids is 2. The summed E-state index contributed by atoms with van der Waals surface area (Å²) in [5, 5.41) is 5.84. The van der Waals surface area contributed by atoms with E-state index in [2.05, 4.69) is 17.6 Å². The Labute approximate surface area is 133 Å². The van der Waals surface area contributed by atoms with Gasteiger partial charge >= 0.3 is 0 Å². The van der Waals surface area contributed by atoms with Crippen LogP contribution in [0.4, 0.5) is 0 Å². The lowest BCUT2D eigenvalue weighted by molar-refractivity contribution is -0.121. The van der Waals surface area contributed by atoms with Gasteiger partial charge in [-0.15, -0.1) is 0 Å². The SMILES string of the molecule is CCCCCC(C)NC(=O)CCCNC(=O)c1ccccc1. The Morgan fingerprint density at radius 1 is 1.09 bits per heavy atom. The normalized spacial score (nSPS) is 11.7. The standard InChI is InChI=1S/C18H28N2O2/c1-3-4-6-10-15(2)20-17(21)13-9-14-19-18(22)16-11-7-5-8-12-16/h5,7-8,11-12,15H,3-4,6,9-10,13-14H2,1-2H3,(H,19,22)(H,20,21). The number of benzene rings is 1. The molecule has 0 bridgehead atoms. The molecule has 1 aromatic rings. The molecule has 4 nitrogen and oxygen atoms in total. The third kappa shape index (κ3) is 7.81. The molecule has 0 aliphatic rings. The first kappa shape index (κ1) is 18.2. The van der Waals surface area contributed by atoms with Crippen LogP contribution in [0.1, 0.15) is 62.7 Å². The zero-order valence-corrected chi connectivity index (χ0v) is 13.7. The molecule has 22 heavy (non-hydrogen) atoms. The van der Waals surface area contributed by atoms with Crippen molar-refractivity contribution >= 4 is 11.8 Å². The number of amides is 2. The Hall–Kier alpha value is -1.84. The van der Waals surface area contributed by atoms with Crippen molar-refractivity contribution in [1.82, 2.24) is 10.6 Å². The van der Waals surface area contributed by atoms with Crippen molar-refractivity contribution in [2.75, 3.05) is 6.54 Å². The summed E-state index contributed by atoms with van der Waals surface area (Å²) in [6.07, 6.45) is 5.71. The molecule has 0 heterocycles. The van der Waals surface area contributed by atoms with Gasteiger partial charge in [-0.05, 0) is 31.9 Å². The molecule has 0 fully saturated rings. The zero-order valence-electron chi connectivity index (χ0n) is 13.7. The Kier molecular flexibility index (Phi) is 8.96. The third-order valence-electron chi connectivity index (χ3n) is 3.55. The molecule has 1 unspecified atom stereocenters. The highest BCUT2D eigenvalue weighted by molar-refractivity contribution is 5.94. The van der Waals surface area contributed by atoms with Crippen LogP contribution in [0.5, 0.6) is 0 Å². The molecule has 1 aromatic carbocycles. The molecule has 0 spiro atoms. The van der Waals surface area contributed by atoms with E-state index < -0.39 is 0 Å². The first-order chi connectivity index (χ1) is 10.6. The summed E-state index contributed by atoms with van der Waals surface area (Å²) >= 11 is 0. The van der Waals surface area contributed by atoms with Gasteiger partial charge in [0.2, 0.25) is 5.91 Å². The molecule has 0 saturated heterocycles. The number of hydrogen-bond donors (Lipinski definition) is 2. The minimum absolute atomic E-state index is 0.0676. The van der Waals surface area contributed by atoms with E-state index >= 15 is 0 Å². The molecule has 0 aliphatic heterocycles. The van der Waals surface area contributed by atoms with Crippen LogP contribution < -0.4 is 10.6 Å². The maximum Gasteiger partial charge on any atom is 0.251 e. The number of carbonyl (C=O) groups is 2. The molecule has 4 heteroatoms. The maximum absolute atomic E-state index is 11.8. The van der Waals surface area contributed by atoms with Gasteiger partial charge in [-0.3, -0.25) is 9.59 Å². The summed E-state index contributed by atoms with van der Waals surface area (Å²) in [6, 6.07) is 9.34. The van der Waals surface area contributed by atoms with Crippen LogP contribution in [-0.4, -0.2) is 24.4 Å². The summed E-state index contributed by atoms with van der Waals surface area (Å²) in [7, 11) is 0.